The second kappa shape index (κ2) is 11.0. The molecule has 86 valence electrons. The van der Waals surface area contributed by atoms with Crippen LogP contribution in [0, 0.1) is 0 Å². The van der Waals surface area contributed by atoms with Gasteiger partial charge in [-0.3, -0.25) is 4.79 Å². The minimum absolute atomic E-state index is 0.196. The third kappa shape index (κ3) is 12.9. The van der Waals surface area contributed by atoms with Gasteiger partial charge in [-0.2, -0.15) is 0 Å². The highest BCUT2D eigenvalue weighted by Crippen LogP contribution is 1.96. The molecule has 0 aliphatic rings. The van der Waals surface area contributed by atoms with Crippen molar-refractivity contribution in [1.82, 2.24) is 0 Å². The maximum atomic E-state index is 10.4. The van der Waals surface area contributed by atoms with Crippen LogP contribution >= 0.6 is 0 Å². The van der Waals surface area contributed by atoms with Gasteiger partial charge in [0, 0.05) is 6.92 Å². The Morgan fingerprint density at radius 3 is 2.27 bits per heavy atom. The third-order valence-electron chi connectivity index (χ3n) is 1.93. The molecule has 2 nitrogen and oxygen atoms in total. The molecule has 15 heavy (non-hydrogen) atoms. The lowest BCUT2D eigenvalue weighted by atomic mass is 10.2. The van der Waals surface area contributed by atoms with Crippen LogP contribution < -0.4 is 0 Å². The van der Waals surface area contributed by atoms with Gasteiger partial charge in [0.15, 0.2) is 0 Å². The van der Waals surface area contributed by atoms with Crippen molar-refractivity contribution in [2.75, 3.05) is 6.61 Å². The highest BCUT2D eigenvalue weighted by molar-refractivity contribution is 5.65. The van der Waals surface area contributed by atoms with E-state index in [1.807, 2.05) is 0 Å². The van der Waals surface area contributed by atoms with Crippen molar-refractivity contribution in [3.63, 3.8) is 0 Å². The van der Waals surface area contributed by atoms with Gasteiger partial charge in [0.1, 0.15) is 0 Å². The Labute approximate surface area is 93.0 Å². The second-order valence-corrected chi connectivity index (χ2v) is 3.48. The number of ether oxygens (including phenoxy) is 1. The van der Waals surface area contributed by atoms with Gasteiger partial charge in [0.25, 0.3) is 0 Å². The lowest BCUT2D eigenvalue weighted by Crippen LogP contribution is -1.99. The second-order valence-electron chi connectivity index (χ2n) is 3.48. The van der Waals surface area contributed by atoms with Crippen LogP contribution in [0.25, 0.3) is 0 Å². The Bertz CT molecular complexity index is 205. The van der Waals surface area contributed by atoms with E-state index in [-0.39, 0.29) is 5.97 Å². The standard InChI is InChI=1S/C13H22O2/c1-3-4-5-6-7-8-9-10-11-12-15-13(2)14/h6-9H,3-5,10-12H2,1-2H3/b7-6+,9-8+. The maximum Gasteiger partial charge on any atom is 0.302 e. The smallest absolute Gasteiger partial charge is 0.302 e. The summed E-state index contributed by atoms with van der Waals surface area (Å²) < 4.78 is 4.81. The molecule has 2 heteroatoms. The van der Waals surface area contributed by atoms with Crippen molar-refractivity contribution in [2.45, 2.75) is 46.0 Å². The van der Waals surface area contributed by atoms with Crippen molar-refractivity contribution < 1.29 is 9.53 Å². The van der Waals surface area contributed by atoms with Crippen LogP contribution in [0.5, 0.6) is 0 Å². The topological polar surface area (TPSA) is 26.3 Å². The summed E-state index contributed by atoms with van der Waals surface area (Å²) in [5.41, 5.74) is 0. The first-order chi connectivity index (χ1) is 7.27. The van der Waals surface area contributed by atoms with E-state index in [4.69, 9.17) is 4.74 Å². The third-order valence-corrected chi connectivity index (χ3v) is 1.93. The number of allylic oxidation sites excluding steroid dienone is 4. The van der Waals surface area contributed by atoms with E-state index in [1.165, 1.54) is 19.8 Å². The van der Waals surface area contributed by atoms with Gasteiger partial charge in [-0.25, -0.2) is 0 Å². The van der Waals surface area contributed by atoms with Crippen LogP contribution in [0.2, 0.25) is 0 Å². The molecule has 0 atom stereocenters. The predicted molar refractivity (Wildman–Crippen MR) is 63.7 cm³/mol. The molecule has 0 saturated carbocycles. The van der Waals surface area contributed by atoms with Crippen LogP contribution in [0.15, 0.2) is 24.3 Å². The van der Waals surface area contributed by atoms with Gasteiger partial charge in [0.2, 0.25) is 0 Å². The molecule has 0 aromatic heterocycles. The lowest BCUT2D eigenvalue weighted by molar-refractivity contribution is -0.141. The Morgan fingerprint density at radius 2 is 1.73 bits per heavy atom. The molecule has 0 radical (unpaired) electrons. The zero-order chi connectivity index (χ0) is 11.4. The average molecular weight is 210 g/mol. The Hall–Kier alpha value is -1.05. The van der Waals surface area contributed by atoms with E-state index in [1.54, 1.807) is 0 Å². The van der Waals surface area contributed by atoms with Gasteiger partial charge >= 0.3 is 5.97 Å². The van der Waals surface area contributed by atoms with Crippen molar-refractivity contribution in [3.8, 4) is 0 Å². The summed E-state index contributed by atoms with van der Waals surface area (Å²) in [4.78, 5) is 10.4. The molecule has 0 spiro atoms. The average Bonchev–Trinajstić information content (AvgIpc) is 2.20. The molecule has 0 aromatic rings. The zero-order valence-corrected chi connectivity index (χ0v) is 9.87. The fourth-order valence-corrected chi connectivity index (χ4v) is 1.09. The molecule has 0 aromatic carbocycles. The molecule has 0 rings (SSSR count). The molecule has 0 heterocycles. The summed E-state index contributed by atoms with van der Waals surface area (Å²) in [7, 11) is 0. The summed E-state index contributed by atoms with van der Waals surface area (Å²) in [5, 5.41) is 0. The normalized spacial score (nSPS) is 11.3. The number of esters is 1. The largest absolute Gasteiger partial charge is 0.466 e. The van der Waals surface area contributed by atoms with E-state index < -0.39 is 0 Å². The molecular weight excluding hydrogens is 188 g/mol. The number of rotatable bonds is 8. The summed E-state index contributed by atoms with van der Waals surface area (Å²) in [6.07, 6.45) is 14.0. The maximum absolute atomic E-state index is 10.4. The first kappa shape index (κ1) is 13.9. The number of hydrogen-bond acceptors (Lipinski definition) is 2. The van der Waals surface area contributed by atoms with E-state index in [0.29, 0.717) is 6.61 Å². The van der Waals surface area contributed by atoms with Gasteiger partial charge in [0.05, 0.1) is 6.61 Å². The summed E-state index contributed by atoms with van der Waals surface area (Å²) in [5.74, 6) is -0.196. The van der Waals surface area contributed by atoms with Crippen LogP contribution in [0.1, 0.15) is 46.0 Å². The molecule has 0 amide bonds. The molecule has 0 aliphatic carbocycles. The molecular formula is C13H22O2. The van der Waals surface area contributed by atoms with Crippen LogP contribution in [0.4, 0.5) is 0 Å². The van der Waals surface area contributed by atoms with Crippen molar-refractivity contribution in [2.24, 2.45) is 0 Å². The Morgan fingerprint density at radius 1 is 1.13 bits per heavy atom. The van der Waals surface area contributed by atoms with Gasteiger partial charge in [-0.15, -0.1) is 0 Å². The first-order valence-electron chi connectivity index (χ1n) is 5.72. The summed E-state index contributed by atoms with van der Waals surface area (Å²) in [6.45, 7) is 4.16. The Kier molecular flexibility index (Phi) is 10.3. The van der Waals surface area contributed by atoms with Gasteiger partial charge in [-0.05, 0) is 19.3 Å². The van der Waals surface area contributed by atoms with E-state index in [0.717, 1.165) is 19.3 Å². The van der Waals surface area contributed by atoms with Crippen molar-refractivity contribution >= 4 is 5.97 Å². The minimum atomic E-state index is -0.196. The highest BCUT2D eigenvalue weighted by Gasteiger charge is 1.89. The molecule has 0 saturated heterocycles. The van der Waals surface area contributed by atoms with E-state index in [9.17, 15) is 4.79 Å². The monoisotopic (exact) mass is 210 g/mol. The first-order valence-corrected chi connectivity index (χ1v) is 5.72. The number of hydrogen-bond donors (Lipinski definition) is 0. The summed E-state index contributed by atoms with van der Waals surface area (Å²) in [6, 6.07) is 0. The SMILES string of the molecule is CCCC/C=C/C=C/CCCOC(C)=O. The molecule has 0 bridgehead atoms. The van der Waals surface area contributed by atoms with Crippen LogP contribution in [-0.2, 0) is 9.53 Å². The van der Waals surface area contributed by atoms with Crippen molar-refractivity contribution in [1.29, 1.82) is 0 Å². The fraction of sp³-hybridized carbons (Fsp3) is 0.615. The van der Waals surface area contributed by atoms with Gasteiger partial charge in [-0.1, -0.05) is 44.1 Å². The molecule has 0 fully saturated rings. The quantitative estimate of drug-likeness (QED) is 0.347. The molecule has 0 unspecified atom stereocenters. The van der Waals surface area contributed by atoms with E-state index >= 15 is 0 Å². The minimum Gasteiger partial charge on any atom is -0.466 e. The van der Waals surface area contributed by atoms with Crippen molar-refractivity contribution in [3.05, 3.63) is 24.3 Å². The molecule has 0 N–H and O–H groups in total. The number of carbonyl (C=O) groups is 1. The van der Waals surface area contributed by atoms with E-state index in [2.05, 4.69) is 31.2 Å². The predicted octanol–water partition coefficient (Wildman–Crippen LogP) is 3.63. The molecule has 0 aliphatic heterocycles. The fourth-order valence-electron chi connectivity index (χ4n) is 1.09. The van der Waals surface area contributed by atoms with Gasteiger partial charge < -0.3 is 4.74 Å². The zero-order valence-electron chi connectivity index (χ0n) is 9.87. The van der Waals surface area contributed by atoms with Crippen LogP contribution in [-0.4, -0.2) is 12.6 Å². The lowest BCUT2D eigenvalue weighted by Gasteiger charge is -1.97. The number of carbonyl (C=O) groups excluding carboxylic acids is 1. The Balaban J connectivity index is 3.23. The highest BCUT2D eigenvalue weighted by atomic mass is 16.5. The van der Waals surface area contributed by atoms with Crippen LogP contribution in [0.3, 0.4) is 0 Å². The summed E-state index contributed by atoms with van der Waals surface area (Å²) >= 11 is 0. The number of unbranched alkanes of at least 4 members (excludes halogenated alkanes) is 3.